The van der Waals surface area contributed by atoms with Crippen LogP contribution in [0, 0.1) is 0 Å². The van der Waals surface area contributed by atoms with Crippen LogP contribution in [0.15, 0.2) is 121 Å². The van der Waals surface area contributed by atoms with Crippen LogP contribution in [0.2, 0.25) is 0 Å². The number of imide groups is 2. The van der Waals surface area contributed by atoms with Gasteiger partial charge in [0.25, 0.3) is 23.6 Å². The number of anilines is 4. The number of nitrogens with one attached hydrogen (secondary N) is 2. The Bertz CT molecular complexity index is 1720. The number of hydrogen-bond donors (Lipinski definition) is 2. The van der Waals surface area contributed by atoms with Crippen molar-refractivity contribution in [3.63, 3.8) is 0 Å². The summed E-state index contributed by atoms with van der Waals surface area (Å²) in [5, 5.41) is 5.42. The Balaban J connectivity index is 0.000000208. The summed E-state index contributed by atoms with van der Waals surface area (Å²) in [6, 6.07) is 29.2. The number of benzene rings is 4. The van der Waals surface area contributed by atoms with Gasteiger partial charge in [-0.15, -0.1) is 0 Å². The predicted molar refractivity (Wildman–Crippen MR) is 179 cm³/mol. The smallest absolute Gasteiger partial charge is 0.258 e. The maximum Gasteiger partial charge on any atom is 0.258 e. The first kappa shape index (κ1) is 33.4. The van der Waals surface area contributed by atoms with Crippen molar-refractivity contribution in [3.8, 4) is 22.3 Å². The van der Waals surface area contributed by atoms with Crippen molar-refractivity contribution in [3.05, 3.63) is 121 Å². The van der Waals surface area contributed by atoms with E-state index in [2.05, 4.69) is 10.6 Å². The van der Waals surface area contributed by atoms with Crippen molar-refractivity contribution >= 4 is 58.2 Å². The second kappa shape index (κ2) is 14.5. The van der Waals surface area contributed by atoms with Crippen LogP contribution >= 0.6 is 0 Å². The monoisotopic (exact) mass is 630 g/mol. The van der Waals surface area contributed by atoms with Gasteiger partial charge in [0.2, 0.25) is 11.8 Å². The Morgan fingerprint density at radius 3 is 0.894 bits per heavy atom. The SMILES string of the molecule is CC(=O)Nc1ccc(-c2ccc(N3C(=O)C=CC3=O)cc2)cc1.CC(=O)Nc1ccc(-c2ccc(N3C(=O)C=CC3=O)cc2)cc1.O. The zero-order chi connectivity index (χ0) is 32.8. The molecule has 11 nitrogen and oxygen atoms in total. The van der Waals surface area contributed by atoms with E-state index in [0.29, 0.717) is 11.4 Å². The zero-order valence-corrected chi connectivity index (χ0v) is 25.4. The zero-order valence-electron chi connectivity index (χ0n) is 25.4. The van der Waals surface area contributed by atoms with Gasteiger partial charge in [0, 0.05) is 49.5 Å². The van der Waals surface area contributed by atoms with Gasteiger partial charge in [0.1, 0.15) is 0 Å². The molecule has 0 aliphatic carbocycles. The molecular weight excluding hydrogens is 600 g/mol. The molecule has 236 valence electrons. The van der Waals surface area contributed by atoms with Crippen molar-refractivity contribution in [2.45, 2.75) is 13.8 Å². The van der Waals surface area contributed by atoms with Crippen molar-refractivity contribution < 1.29 is 34.2 Å². The summed E-state index contributed by atoms with van der Waals surface area (Å²) in [6.07, 6.45) is 5.04. The Morgan fingerprint density at radius 1 is 0.426 bits per heavy atom. The number of rotatable bonds is 6. The van der Waals surface area contributed by atoms with Gasteiger partial charge in [-0.2, -0.15) is 0 Å². The number of amides is 6. The number of hydrogen-bond acceptors (Lipinski definition) is 6. The van der Waals surface area contributed by atoms with E-state index in [1.54, 1.807) is 24.3 Å². The fraction of sp³-hybridized carbons (Fsp3) is 0.0556. The predicted octanol–water partition coefficient (Wildman–Crippen LogP) is 4.66. The van der Waals surface area contributed by atoms with E-state index in [1.807, 2.05) is 72.8 Å². The highest BCUT2D eigenvalue weighted by Crippen LogP contribution is 2.27. The summed E-state index contributed by atoms with van der Waals surface area (Å²) < 4.78 is 0. The highest BCUT2D eigenvalue weighted by molar-refractivity contribution is 6.28. The average molecular weight is 631 g/mol. The molecule has 2 aliphatic heterocycles. The molecule has 0 saturated carbocycles. The van der Waals surface area contributed by atoms with Crippen molar-refractivity contribution in [2.24, 2.45) is 0 Å². The Hall–Kier alpha value is -6.46. The van der Waals surface area contributed by atoms with E-state index < -0.39 is 0 Å². The van der Waals surface area contributed by atoms with Crippen molar-refractivity contribution in [1.29, 1.82) is 0 Å². The van der Waals surface area contributed by atoms with Gasteiger partial charge in [-0.05, 0) is 70.8 Å². The lowest BCUT2D eigenvalue weighted by Gasteiger charge is -2.14. The van der Waals surface area contributed by atoms with Crippen LogP contribution in [0.25, 0.3) is 22.3 Å². The number of nitrogens with zero attached hydrogens (tertiary/aromatic N) is 2. The molecule has 4 aromatic carbocycles. The van der Waals surface area contributed by atoms with Crippen LogP contribution in [0.5, 0.6) is 0 Å². The van der Waals surface area contributed by atoms with Crippen LogP contribution in [-0.2, 0) is 28.8 Å². The normalized spacial score (nSPS) is 13.2. The van der Waals surface area contributed by atoms with Crippen LogP contribution in [0.3, 0.4) is 0 Å². The molecule has 0 aromatic heterocycles. The summed E-state index contributed by atoms with van der Waals surface area (Å²) in [4.78, 5) is 70.9. The molecule has 2 heterocycles. The third kappa shape index (κ3) is 7.98. The van der Waals surface area contributed by atoms with Gasteiger partial charge in [-0.25, -0.2) is 9.80 Å². The van der Waals surface area contributed by atoms with Gasteiger partial charge < -0.3 is 16.1 Å². The Morgan fingerprint density at radius 2 is 0.660 bits per heavy atom. The average Bonchev–Trinajstić information content (AvgIpc) is 3.56. The standard InChI is InChI=1S/2C18H14N2O3.H2O/c2*1-12(21)19-15-6-2-13(3-7-15)14-4-8-16(9-5-14)20-17(22)10-11-18(20)23;/h2*2-11H,1H3,(H,19,21);1H2. The summed E-state index contributed by atoms with van der Waals surface area (Å²) >= 11 is 0. The molecule has 0 bridgehead atoms. The first-order valence-corrected chi connectivity index (χ1v) is 14.2. The molecule has 4 aromatic rings. The minimum atomic E-state index is -0.331. The van der Waals surface area contributed by atoms with Crippen LogP contribution < -0.4 is 20.4 Å². The molecule has 6 rings (SSSR count). The molecule has 11 heteroatoms. The van der Waals surface area contributed by atoms with Crippen molar-refractivity contribution in [2.75, 3.05) is 20.4 Å². The minimum Gasteiger partial charge on any atom is -0.412 e. The minimum absolute atomic E-state index is 0. The third-order valence-corrected chi connectivity index (χ3v) is 6.95. The molecule has 0 radical (unpaired) electrons. The van der Waals surface area contributed by atoms with Crippen molar-refractivity contribution in [1.82, 2.24) is 0 Å². The van der Waals surface area contributed by atoms with E-state index in [0.717, 1.165) is 43.4 Å². The second-order valence-electron chi connectivity index (χ2n) is 10.3. The van der Waals surface area contributed by atoms with E-state index in [1.165, 1.54) is 38.2 Å². The number of carbonyl (C=O) groups is 6. The van der Waals surface area contributed by atoms with E-state index in [-0.39, 0.29) is 40.9 Å². The van der Waals surface area contributed by atoms with E-state index in [4.69, 9.17) is 0 Å². The summed E-state index contributed by atoms with van der Waals surface area (Å²) in [5.41, 5.74) is 6.41. The Kier molecular flexibility index (Phi) is 10.3. The highest BCUT2D eigenvalue weighted by Gasteiger charge is 2.25. The molecule has 0 unspecified atom stereocenters. The van der Waals surface area contributed by atoms with Crippen LogP contribution in [-0.4, -0.2) is 40.9 Å². The largest absolute Gasteiger partial charge is 0.412 e. The lowest BCUT2D eigenvalue weighted by molar-refractivity contribution is -0.121. The third-order valence-electron chi connectivity index (χ3n) is 6.95. The van der Waals surface area contributed by atoms with Gasteiger partial charge in [0.05, 0.1) is 11.4 Å². The first-order valence-electron chi connectivity index (χ1n) is 14.2. The highest BCUT2D eigenvalue weighted by atomic mass is 16.2. The molecule has 6 amide bonds. The first-order chi connectivity index (χ1) is 22.1. The Labute approximate surface area is 270 Å². The van der Waals surface area contributed by atoms with Gasteiger partial charge in [-0.3, -0.25) is 28.8 Å². The molecule has 2 aliphatic rings. The lowest BCUT2D eigenvalue weighted by Crippen LogP contribution is -2.29. The molecule has 0 spiro atoms. The maximum atomic E-state index is 11.6. The van der Waals surface area contributed by atoms with Gasteiger partial charge in [0.15, 0.2) is 0 Å². The summed E-state index contributed by atoms with van der Waals surface area (Å²) in [7, 11) is 0. The summed E-state index contributed by atoms with van der Waals surface area (Å²) in [5.74, 6) is -1.55. The van der Waals surface area contributed by atoms with Gasteiger partial charge in [-0.1, -0.05) is 48.5 Å². The maximum absolute atomic E-state index is 11.6. The molecular formula is C36H30N4O7. The van der Waals surface area contributed by atoms with Crippen LogP contribution in [0.4, 0.5) is 22.7 Å². The molecule has 0 saturated heterocycles. The second-order valence-corrected chi connectivity index (χ2v) is 10.3. The topological polar surface area (TPSA) is 164 Å². The van der Waals surface area contributed by atoms with Gasteiger partial charge >= 0.3 is 0 Å². The molecule has 4 N–H and O–H groups in total. The molecule has 0 atom stereocenters. The van der Waals surface area contributed by atoms with E-state index in [9.17, 15) is 28.8 Å². The van der Waals surface area contributed by atoms with Crippen LogP contribution in [0.1, 0.15) is 13.8 Å². The summed E-state index contributed by atoms with van der Waals surface area (Å²) in [6.45, 7) is 2.92. The lowest BCUT2D eigenvalue weighted by atomic mass is 10.0. The molecule has 0 fully saturated rings. The number of carbonyl (C=O) groups excluding carboxylic acids is 6. The fourth-order valence-electron chi connectivity index (χ4n) is 4.81. The molecule has 47 heavy (non-hydrogen) atoms. The quantitative estimate of drug-likeness (QED) is 0.294. The fourth-order valence-corrected chi connectivity index (χ4v) is 4.81. The van der Waals surface area contributed by atoms with E-state index >= 15 is 0 Å².